The maximum Gasteiger partial charge on any atom is 0.279 e. The van der Waals surface area contributed by atoms with E-state index in [4.69, 9.17) is 0 Å². The summed E-state index contributed by atoms with van der Waals surface area (Å²) in [4.78, 5) is 40.5. The molecule has 1 aromatic rings. The molecule has 1 aromatic carbocycles. The fraction of sp³-hybridized carbons (Fsp3) is 0.500. The Balaban J connectivity index is 1.40. The highest BCUT2D eigenvalue weighted by Crippen LogP contribution is 2.10. The van der Waals surface area contributed by atoms with Crippen molar-refractivity contribution in [1.82, 2.24) is 9.80 Å². The van der Waals surface area contributed by atoms with Crippen molar-refractivity contribution in [3.63, 3.8) is 0 Å². The van der Waals surface area contributed by atoms with Gasteiger partial charge in [0, 0.05) is 18.7 Å². The van der Waals surface area contributed by atoms with Gasteiger partial charge < -0.3 is 20.0 Å². The molecular formula is C18H24FN4O3+. The lowest BCUT2D eigenvalue weighted by Gasteiger charge is -2.32. The summed E-state index contributed by atoms with van der Waals surface area (Å²) in [5.41, 5.74) is 0.569. The number of hydrogen-bond donors (Lipinski definition) is 2. The average molecular weight is 363 g/mol. The monoisotopic (exact) mass is 363 g/mol. The number of carbonyl (C=O) groups is 3. The number of nitrogens with zero attached hydrogens (tertiary/aromatic N) is 2. The van der Waals surface area contributed by atoms with Gasteiger partial charge in [-0.25, -0.2) is 4.39 Å². The molecule has 2 N–H and O–H groups in total. The molecule has 7 nitrogen and oxygen atoms in total. The van der Waals surface area contributed by atoms with Gasteiger partial charge in [-0.3, -0.25) is 14.4 Å². The van der Waals surface area contributed by atoms with Crippen molar-refractivity contribution >= 4 is 23.4 Å². The molecule has 0 bridgehead atoms. The summed E-state index contributed by atoms with van der Waals surface area (Å²) in [5, 5.41) is 2.75. The van der Waals surface area contributed by atoms with Crippen LogP contribution in [0.4, 0.5) is 10.1 Å². The Hall–Kier alpha value is -2.48. The maximum atomic E-state index is 12.9. The van der Waals surface area contributed by atoms with E-state index in [2.05, 4.69) is 5.32 Å². The molecule has 0 atom stereocenters. The van der Waals surface area contributed by atoms with Crippen molar-refractivity contribution in [2.75, 3.05) is 51.1 Å². The van der Waals surface area contributed by atoms with Gasteiger partial charge in [-0.15, -0.1) is 0 Å². The Labute approximate surface area is 151 Å². The summed E-state index contributed by atoms with van der Waals surface area (Å²) in [6, 6.07) is 5.66. The Morgan fingerprint density at radius 2 is 1.81 bits per heavy atom. The first kappa shape index (κ1) is 18.3. The van der Waals surface area contributed by atoms with Gasteiger partial charge in [0.1, 0.15) is 5.82 Å². The fourth-order valence-corrected chi connectivity index (χ4v) is 3.35. The van der Waals surface area contributed by atoms with Crippen LogP contribution in [0, 0.1) is 5.82 Å². The minimum absolute atomic E-state index is 0.0185. The highest BCUT2D eigenvalue weighted by Gasteiger charge is 2.28. The average Bonchev–Trinajstić information content (AvgIpc) is 3.02. The van der Waals surface area contributed by atoms with Gasteiger partial charge in [-0.2, -0.15) is 0 Å². The summed E-state index contributed by atoms with van der Waals surface area (Å²) < 4.78 is 12.9. The molecule has 8 heteroatoms. The van der Waals surface area contributed by atoms with Crippen molar-refractivity contribution in [1.29, 1.82) is 0 Å². The number of piperazine rings is 1. The van der Waals surface area contributed by atoms with E-state index >= 15 is 0 Å². The first-order chi connectivity index (χ1) is 12.5. The van der Waals surface area contributed by atoms with E-state index in [9.17, 15) is 18.8 Å². The Morgan fingerprint density at radius 3 is 2.42 bits per heavy atom. The van der Waals surface area contributed by atoms with Crippen LogP contribution in [0.25, 0.3) is 0 Å². The predicted molar refractivity (Wildman–Crippen MR) is 93.0 cm³/mol. The molecule has 26 heavy (non-hydrogen) atoms. The molecule has 140 valence electrons. The molecular weight excluding hydrogens is 339 g/mol. The third-order valence-electron chi connectivity index (χ3n) is 4.86. The van der Waals surface area contributed by atoms with Crippen molar-refractivity contribution in [3.8, 4) is 0 Å². The van der Waals surface area contributed by atoms with Gasteiger partial charge in [0.15, 0.2) is 6.54 Å². The minimum atomic E-state index is -0.343. The molecule has 0 aliphatic carbocycles. The standard InChI is InChI=1S/C18H23FN4O3/c19-14-3-5-15(6-4-14)20-16(24)12-21-8-10-22(11-9-21)18(26)13-23-7-1-2-17(23)25/h3-6H,1-2,7-13H2,(H,20,24)/p+1. The van der Waals surface area contributed by atoms with Crippen LogP contribution in [0.1, 0.15) is 12.8 Å². The lowest BCUT2D eigenvalue weighted by molar-refractivity contribution is -0.895. The minimum Gasteiger partial charge on any atom is -0.333 e. The van der Waals surface area contributed by atoms with Crippen LogP contribution >= 0.6 is 0 Å². The Kier molecular flexibility index (Phi) is 5.82. The summed E-state index contributed by atoms with van der Waals surface area (Å²) in [6.45, 7) is 3.69. The number of likely N-dealkylation sites (tertiary alicyclic amines) is 1. The SMILES string of the molecule is O=C(C[NH+]1CCN(C(=O)CN2CCCC2=O)CC1)Nc1ccc(F)cc1. The number of carbonyl (C=O) groups excluding carboxylic acids is 3. The third kappa shape index (κ3) is 4.78. The quantitative estimate of drug-likeness (QED) is 0.713. The van der Waals surface area contributed by atoms with Gasteiger partial charge >= 0.3 is 0 Å². The highest BCUT2D eigenvalue weighted by atomic mass is 19.1. The number of anilines is 1. The van der Waals surface area contributed by atoms with E-state index in [-0.39, 0.29) is 30.1 Å². The summed E-state index contributed by atoms with van der Waals surface area (Å²) in [6.07, 6.45) is 1.36. The second-order valence-corrected chi connectivity index (χ2v) is 6.78. The molecule has 0 radical (unpaired) electrons. The normalized spacial score (nSPS) is 18.3. The molecule has 3 rings (SSSR count). The first-order valence-corrected chi connectivity index (χ1v) is 8.96. The number of hydrogen-bond acceptors (Lipinski definition) is 3. The highest BCUT2D eigenvalue weighted by molar-refractivity contribution is 5.91. The second-order valence-electron chi connectivity index (χ2n) is 6.78. The number of amides is 3. The number of benzene rings is 1. The van der Waals surface area contributed by atoms with Gasteiger partial charge in [-0.05, 0) is 30.7 Å². The van der Waals surface area contributed by atoms with E-state index < -0.39 is 0 Å². The van der Waals surface area contributed by atoms with Crippen LogP contribution in [0.15, 0.2) is 24.3 Å². The summed E-state index contributed by atoms with van der Waals surface area (Å²) in [7, 11) is 0. The van der Waals surface area contributed by atoms with Crippen LogP contribution in [-0.4, -0.2) is 73.3 Å². The predicted octanol–water partition coefficient (Wildman–Crippen LogP) is -0.886. The van der Waals surface area contributed by atoms with E-state index in [1.165, 1.54) is 24.3 Å². The van der Waals surface area contributed by atoms with Crippen molar-refractivity contribution in [2.45, 2.75) is 12.8 Å². The molecule has 0 unspecified atom stereocenters. The molecule has 0 aromatic heterocycles. The van der Waals surface area contributed by atoms with E-state index in [0.29, 0.717) is 51.4 Å². The Bertz CT molecular complexity index is 672. The first-order valence-electron chi connectivity index (χ1n) is 8.96. The van der Waals surface area contributed by atoms with Gasteiger partial charge in [0.2, 0.25) is 11.8 Å². The number of halogens is 1. The third-order valence-corrected chi connectivity index (χ3v) is 4.86. The van der Waals surface area contributed by atoms with Crippen molar-refractivity contribution < 1.29 is 23.7 Å². The number of rotatable bonds is 5. The van der Waals surface area contributed by atoms with Crippen LogP contribution in [0.5, 0.6) is 0 Å². The summed E-state index contributed by atoms with van der Waals surface area (Å²) >= 11 is 0. The summed E-state index contributed by atoms with van der Waals surface area (Å²) in [5.74, 6) is -0.436. The van der Waals surface area contributed by atoms with E-state index in [1.54, 1.807) is 9.80 Å². The van der Waals surface area contributed by atoms with E-state index in [0.717, 1.165) is 11.3 Å². The molecule has 3 amide bonds. The Morgan fingerprint density at radius 1 is 1.12 bits per heavy atom. The van der Waals surface area contributed by atoms with Crippen LogP contribution in [0.2, 0.25) is 0 Å². The molecule has 2 fully saturated rings. The van der Waals surface area contributed by atoms with Crippen LogP contribution in [-0.2, 0) is 14.4 Å². The maximum absolute atomic E-state index is 12.9. The largest absolute Gasteiger partial charge is 0.333 e. The van der Waals surface area contributed by atoms with Crippen LogP contribution < -0.4 is 10.2 Å². The zero-order valence-electron chi connectivity index (χ0n) is 14.7. The zero-order chi connectivity index (χ0) is 18.5. The smallest absolute Gasteiger partial charge is 0.279 e. The van der Waals surface area contributed by atoms with Crippen molar-refractivity contribution in [2.24, 2.45) is 0 Å². The molecule has 2 aliphatic heterocycles. The van der Waals surface area contributed by atoms with E-state index in [1.807, 2.05) is 0 Å². The number of quaternary nitrogens is 1. The lowest BCUT2D eigenvalue weighted by Crippen LogP contribution is -3.15. The molecule has 2 aliphatic rings. The molecule has 0 saturated carbocycles. The lowest BCUT2D eigenvalue weighted by atomic mass is 10.3. The topological polar surface area (TPSA) is 74.2 Å². The molecule has 2 heterocycles. The fourth-order valence-electron chi connectivity index (χ4n) is 3.35. The van der Waals surface area contributed by atoms with Gasteiger partial charge in [0.05, 0.1) is 32.7 Å². The van der Waals surface area contributed by atoms with Gasteiger partial charge in [-0.1, -0.05) is 0 Å². The van der Waals surface area contributed by atoms with Crippen LogP contribution in [0.3, 0.4) is 0 Å². The number of nitrogens with one attached hydrogen (secondary N) is 2. The molecule has 0 spiro atoms. The second kappa shape index (κ2) is 8.27. The van der Waals surface area contributed by atoms with Crippen molar-refractivity contribution in [3.05, 3.63) is 30.1 Å². The zero-order valence-corrected chi connectivity index (χ0v) is 14.7. The molecule has 2 saturated heterocycles. The van der Waals surface area contributed by atoms with Gasteiger partial charge in [0.25, 0.3) is 5.91 Å².